The van der Waals surface area contributed by atoms with Crippen molar-refractivity contribution in [3.63, 3.8) is 0 Å². The average molecular weight is 554 g/mol. The van der Waals surface area contributed by atoms with Crippen LogP contribution in [0, 0.1) is 0 Å². The number of esters is 1. The molecule has 0 radical (unpaired) electrons. The molecule has 3 amide bonds. The van der Waals surface area contributed by atoms with Gasteiger partial charge in [0.25, 0.3) is 0 Å². The van der Waals surface area contributed by atoms with Crippen LogP contribution in [-0.2, 0) is 23.9 Å². The number of thioether (sulfide) groups is 1. The molecule has 0 bridgehead atoms. The minimum Gasteiger partial charge on any atom is -0.508 e. The molecular formula is C27H43N3O7S. The Kier molecular flexibility index (Phi) is 14.6. The molecular weight excluding hydrogens is 510 g/mol. The molecule has 0 spiro atoms. The second kappa shape index (κ2) is 16.8. The summed E-state index contributed by atoms with van der Waals surface area (Å²) in [6.07, 6.45) is 2.91. The van der Waals surface area contributed by atoms with Gasteiger partial charge in [-0.05, 0) is 70.2 Å². The molecule has 0 aliphatic carbocycles. The van der Waals surface area contributed by atoms with Gasteiger partial charge in [-0.3, -0.25) is 14.4 Å². The molecule has 1 rings (SSSR count). The van der Waals surface area contributed by atoms with Gasteiger partial charge in [0.2, 0.25) is 11.8 Å². The molecule has 0 saturated heterocycles. The molecule has 1 aromatic carbocycles. The lowest BCUT2D eigenvalue weighted by Gasteiger charge is -2.34. The standard InChI is InChI=1S/C27H43N3O7S/c1-7-9-17-30(25(34)21(15-18-38-6)29-26(35)37-27(3,4)5)23(19-10-12-20(31)13-11-19)24(33)28-16-14-22(32)36-8-2/h10-13,21,23,31H,7-9,14-18H2,1-6H3,(H,28,33)(H,29,35). The smallest absolute Gasteiger partial charge is 0.408 e. The molecule has 214 valence electrons. The molecule has 0 aromatic heterocycles. The number of nitrogens with zero attached hydrogens (tertiary/aromatic N) is 1. The number of carbonyl (C=O) groups excluding carboxylic acids is 4. The minimum atomic E-state index is -1.05. The van der Waals surface area contributed by atoms with Crippen molar-refractivity contribution in [1.29, 1.82) is 0 Å². The van der Waals surface area contributed by atoms with Crippen molar-refractivity contribution < 1.29 is 33.8 Å². The van der Waals surface area contributed by atoms with Crippen molar-refractivity contribution >= 4 is 35.6 Å². The van der Waals surface area contributed by atoms with Gasteiger partial charge < -0.3 is 30.1 Å². The van der Waals surface area contributed by atoms with Crippen molar-refractivity contribution in [2.45, 2.75) is 78.0 Å². The molecule has 0 aliphatic heterocycles. The Labute approximate surface area is 230 Å². The van der Waals surface area contributed by atoms with Gasteiger partial charge in [0.15, 0.2) is 0 Å². The molecule has 2 unspecified atom stereocenters. The Morgan fingerprint density at radius 3 is 2.32 bits per heavy atom. The second-order valence-electron chi connectivity index (χ2n) is 9.71. The van der Waals surface area contributed by atoms with Crippen LogP contribution in [0.2, 0.25) is 0 Å². The number of unbranched alkanes of at least 4 members (excludes halogenated alkanes) is 1. The Bertz CT molecular complexity index is 903. The van der Waals surface area contributed by atoms with E-state index < -0.39 is 41.6 Å². The number of rotatable bonds is 15. The van der Waals surface area contributed by atoms with Gasteiger partial charge in [-0.15, -0.1) is 0 Å². The summed E-state index contributed by atoms with van der Waals surface area (Å²) in [5, 5.41) is 15.2. The van der Waals surface area contributed by atoms with Crippen LogP contribution in [0.3, 0.4) is 0 Å². The van der Waals surface area contributed by atoms with E-state index in [1.807, 2.05) is 13.2 Å². The van der Waals surface area contributed by atoms with Gasteiger partial charge in [-0.2, -0.15) is 11.8 Å². The van der Waals surface area contributed by atoms with E-state index in [9.17, 15) is 24.3 Å². The summed E-state index contributed by atoms with van der Waals surface area (Å²) in [7, 11) is 0. The number of benzene rings is 1. The Morgan fingerprint density at radius 1 is 1.11 bits per heavy atom. The van der Waals surface area contributed by atoms with E-state index in [0.29, 0.717) is 24.2 Å². The molecule has 0 aliphatic rings. The van der Waals surface area contributed by atoms with Gasteiger partial charge in [-0.25, -0.2) is 4.79 Å². The predicted octanol–water partition coefficient (Wildman–Crippen LogP) is 3.78. The zero-order valence-corrected chi connectivity index (χ0v) is 24.2. The fourth-order valence-electron chi connectivity index (χ4n) is 3.59. The monoisotopic (exact) mass is 553 g/mol. The van der Waals surface area contributed by atoms with E-state index in [1.165, 1.54) is 28.8 Å². The second-order valence-corrected chi connectivity index (χ2v) is 10.7. The van der Waals surface area contributed by atoms with Crippen LogP contribution in [0.15, 0.2) is 24.3 Å². The SMILES string of the molecule is CCCCN(C(=O)C(CCSC)NC(=O)OC(C)(C)C)C(C(=O)NCCC(=O)OCC)c1ccc(O)cc1. The van der Waals surface area contributed by atoms with E-state index in [1.54, 1.807) is 39.8 Å². The highest BCUT2D eigenvalue weighted by Crippen LogP contribution is 2.26. The third-order valence-corrected chi connectivity index (χ3v) is 5.98. The fraction of sp³-hybridized carbons (Fsp3) is 0.630. The molecule has 1 aromatic rings. The lowest BCUT2D eigenvalue weighted by atomic mass is 10.0. The molecule has 0 heterocycles. The highest BCUT2D eigenvalue weighted by Gasteiger charge is 2.36. The van der Waals surface area contributed by atoms with Gasteiger partial charge in [0.1, 0.15) is 23.4 Å². The zero-order chi connectivity index (χ0) is 28.7. The maximum absolute atomic E-state index is 14.0. The first-order valence-corrected chi connectivity index (χ1v) is 14.3. The van der Waals surface area contributed by atoms with E-state index in [-0.39, 0.29) is 31.9 Å². The number of phenols is 1. The number of aromatic hydroxyl groups is 1. The van der Waals surface area contributed by atoms with Crippen LogP contribution >= 0.6 is 11.8 Å². The van der Waals surface area contributed by atoms with Crippen molar-refractivity contribution in [1.82, 2.24) is 15.5 Å². The first-order valence-electron chi connectivity index (χ1n) is 12.9. The number of ether oxygens (including phenoxy) is 2. The van der Waals surface area contributed by atoms with Gasteiger partial charge >= 0.3 is 12.1 Å². The van der Waals surface area contributed by atoms with Gasteiger partial charge in [-0.1, -0.05) is 25.5 Å². The first kappa shape index (κ1) is 33.1. The normalized spacial score (nSPS) is 12.7. The summed E-state index contributed by atoms with van der Waals surface area (Å²) in [5.74, 6) is -0.719. The zero-order valence-electron chi connectivity index (χ0n) is 23.4. The number of amides is 3. The number of phenolic OH excluding ortho intramolecular Hbond substituents is 1. The summed E-state index contributed by atoms with van der Waals surface area (Å²) < 4.78 is 10.3. The summed E-state index contributed by atoms with van der Waals surface area (Å²) in [6.45, 7) is 9.42. The lowest BCUT2D eigenvalue weighted by Crippen LogP contribution is -2.53. The maximum atomic E-state index is 14.0. The highest BCUT2D eigenvalue weighted by molar-refractivity contribution is 7.98. The number of hydrogen-bond donors (Lipinski definition) is 3. The summed E-state index contributed by atoms with van der Waals surface area (Å²) >= 11 is 1.53. The molecule has 0 saturated carbocycles. The van der Waals surface area contributed by atoms with Crippen LogP contribution in [0.25, 0.3) is 0 Å². The molecule has 3 N–H and O–H groups in total. The van der Waals surface area contributed by atoms with Crippen LogP contribution < -0.4 is 10.6 Å². The van der Waals surface area contributed by atoms with E-state index in [4.69, 9.17) is 9.47 Å². The topological polar surface area (TPSA) is 134 Å². The van der Waals surface area contributed by atoms with Crippen LogP contribution in [0.5, 0.6) is 5.75 Å². The lowest BCUT2D eigenvalue weighted by molar-refractivity contribution is -0.144. The number of alkyl carbamates (subject to hydrolysis) is 1. The van der Waals surface area contributed by atoms with E-state index in [0.717, 1.165) is 6.42 Å². The third kappa shape index (κ3) is 12.1. The number of nitrogens with one attached hydrogen (secondary N) is 2. The Balaban J connectivity index is 3.34. The molecule has 10 nitrogen and oxygen atoms in total. The minimum absolute atomic E-state index is 0.0126. The molecule has 38 heavy (non-hydrogen) atoms. The maximum Gasteiger partial charge on any atom is 0.408 e. The highest BCUT2D eigenvalue weighted by atomic mass is 32.2. The summed E-state index contributed by atoms with van der Waals surface area (Å²) in [6, 6.07) is 4.09. The summed E-state index contributed by atoms with van der Waals surface area (Å²) in [5.41, 5.74) is -0.256. The Morgan fingerprint density at radius 2 is 1.76 bits per heavy atom. The van der Waals surface area contributed by atoms with Crippen molar-refractivity contribution in [3.8, 4) is 5.75 Å². The van der Waals surface area contributed by atoms with Gasteiger partial charge in [0, 0.05) is 13.1 Å². The summed E-state index contributed by atoms with van der Waals surface area (Å²) in [4.78, 5) is 53.2. The van der Waals surface area contributed by atoms with Crippen LogP contribution in [0.1, 0.15) is 71.9 Å². The van der Waals surface area contributed by atoms with Crippen LogP contribution in [0.4, 0.5) is 4.79 Å². The van der Waals surface area contributed by atoms with E-state index in [2.05, 4.69) is 10.6 Å². The molecule has 11 heteroatoms. The van der Waals surface area contributed by atoms with E-state index >= 15 is 0 Å². The number of hydrogen-bond acceptors (Lipinski definition) is 8. The van der Waals surface area contributed by atoms with Crippen molar-refractivity contribution in [3.05, 3.63) is 29.8 Å². The van der Waals surface area contributed by atoms with Gasteiger partial charge in [0.05, 0.1) is 13.0 Å². The quantitative estimate of drug-likeness (QED) is 0.280. The van der Waals surface area contributed by atoms with Crippen molar-refractivity contribution in [2.24, 2.45) is 0 Å². The molecule has 2 atom stereocenters. The largest absolute Gasteiger partial charge is 0.508 e. The average Bonchev–Trinajstić information content (AvgIpc) is 2.83. The fourth-order valence-corrected chi connectivity index (χ4v) is 4.06. The number of carbonyl (C=O) groups is 4. The molecule has 0 fully saturated rings. The third-order valence-electron chi connectivity index (χ3n) is 5.34. The van der Waals surface area contributed by atoms with Crippen LogP contribution in [-0.4, -0.2) is 77.2 Å². The Hall–Kier alpha value is -2.95. The predicted molar refractivity (Wildman–Crippen MR) is 148 cm³/mol. The first-order chi connectivity index (χ1) is 17.9. The van der Waals surface area contributed by atoms with Crippen molar-refractivity contribution in [2.75, 3.05) is 31.7 Å².